The lowest BCUT2D eigenvalue weighted by Crippen LogP contribution is -2.36. The number of carbonyl (C=O) groups is 1. The topological polar surface area (TPSA) is 83.9 Å². The number of benzene rings is 2. The van der Waals surface area contributed by atoms with Crippen LogP contribution in [0.2, 0.25) is 5.02 Å². The molecule has 0 atom stereocenters. The van der Waals surface area contributed by atoms with Gasteiger partial charge in [0.1, 0.15) is 12.3 Å². The lowest BCUT2D eigenvalue weighted by Gasteiger charge is -2.24. The highest BCUT2D eigenvalue weighted by Crippen LogP contribution is 2.32. The average Bonchev–Trinajstić information content (AvgIpc) is 2.52. The number of carboxylic acids is 1. The largest absolute Gasteiger partial charge is 0.496 e. The summed E-state index contributed by atoms with van der Waals surface area (Å²) in [6.07, 6.45) is 0. The van der Waals surface area contributed by atoms with Gasteiger partial charge < -0.3 is 9.84 Å². The molecule has 0 bridgehead atoms. The number of nitrogens with zero attached hydrogens (tertiary/aromatic N) is 1. The fourth-order valence-corrected chi connectivity index (χ4v) is 4.68. The molecule has 0 aliphatic heterocycles. The fourth-order valence-electron chi connectivity index (χ4n) is 2.26. The summed E-state index contributed by atoms with van der Waals surface area (Å²) >= 11 is 9.15. The molecule has 6 nitrogen and oxygen atoms in total. The van der Waals surface area contributed by atoms with Crippen LogP contribution in [0.1, 0.15) is 5.56 Å². The lowest BCUT2D eigenvalue weighted by atomic mass is 10.2. The molecule has 25 heavy (non-hydrogen) atoms. The first-order valence-electron chi connectivity index (χ1n) is 7.01. The third-order valence-corrected chi connectivity index (χ3v) is 6.03. The van der Waals surface area contributed by atoms with Gasteiger partial charge in [0.15, 0.2) is 0 Å². The molecule has 9 heteroatoms. The number of hydrogen-bond donors (Lipinski definition) is 1. The van der Waals surface area contributed by atoms with Crippen LogP contribution in [0.4, 0.5) is 5.69 Å². The Balaban J connectivity index is 2.60. The molecule has 2 aromatic carbocycles. The summed E-state index contributed by atoms with van der Waals surface area (Å²) in [7, 11) is -2.65. The van der Waals surface area contributed by atoms with E-state index >= 15 is 0 Å². The van der Waals surface area contributed by atoms with E-state index < -0.39 is 22.5 Å². The molecule has 0 aliphatic rings. The molecule has 0 spiro atoms. The number of sulfonamides is 1. The second kappa shape index (κ2) is 7.63. The summed E-state index contributed by atoms with van der Waals surface area (Å²) in [6, 6.07) is 8.79. The quantitative estimate of drug-likeness (QED) is 0.728. The van der Waals surface area contributed by atoms with Crippen molar-refractivity contribution < 1.29 is 23.1 Å². The zero-order valence-corrected chi connectivity index (χ0v) is 16.5. The Morgan fingerprint density at radius 3 is 2.48 bits per heavy atom. The monoisotopic (exact) mass is 447 g/mol. The van der Waals surface area contributed by atoms with E-state index in [4.69, 9.17) is 16.3 Å². The standard InChI is InChI=1S/C16H15BrClNO5S/c1-10-7-11(18)3-5-14(10)19(9-16(20)21)25(22,23)12-4-6-15(24-2)13(17)8-12/h3-8H,9H2,1-2H3,(H,20,21). The van der Waals surface area contributed by atoms with Crippen LogP contribution < -0.4 is 9.04 Å². The third kappa shape index (κ3) is 4.26. The van der Waals surface area contributed by atoms with Gasteiger partial charge in [-0.15, -0.1) is 0 Å². The van der Waals surface area contributed by atoms with E-state index in [1.165, 1.54) is 37.4 Å². The van der Waals surface area contributed by atoms with E-state index in [1.54, 1.807) is 13.0 Å². The van der Waals surface area contributed by atoms with Crippen molar-refractivity contribution in [3.05, 3.63) is 51.5 Å². The Morgan fingerprint density at radius 2 is 1.96 bits per heavy atom. The van der Waals surface area contributed by atoms with Crippen LogP contribution in [-0.4, -0.2) is 33.1 Å². The van der Waals surface area contributed by atoms with Gasteiger partial charge in [-0.3, -0.25) is 9.10 Å². The molecule has 0 saturated carbocycles. The van der Waals surface area contributed by atoms with Crippen LogP contribution in [0.3, 0.4) is 0 Å². The summed E-state index contributed by atoms with van der Waals surface area (Å²) in [6.45, 7) is 0.948. The van der Waals surface area contributed by atoms with Crippen molar-refractivity contribution in [2.45, 2.75) is 11.8 Å². The number of halogens is 2. The van der Waals surface area contributed by atoms with Crippen molar-refractivity contribution in [1.29, 1.82) is 0 Å². The summed E-state index contributed by atoms with van der Waals surface area (Å²) in [5.74, 6) is -0.808. The highest BCUT2D eigenvalue weighted by atomic mass is 79.9. The fraction of sp³-hybridized carbons (Fsp3) is 0.188. The minimum atomic E-state index is -4.11. The van der Waals surface area contributed by atoms with Crippen LogP contribution in [0.5, 0.6) is 5.75 Å². The molecule has 0 radical (unpaired) electrons. The first-order valence-corrected chi connectivity index (χ1v) is 9.62. The molecule has 0 heterocycles. The number of aliphatic carboxylic acids is 1. The number of ether oxygens (including phenoxy) is 1. The lowest BCUT2D eigenvalue weighted by molar-refractivity contribution is -0.135. The van der Waals surface area contributed by atoms with Gasteiger partial charge in [0, 0.05) is 5.02 Å². The van der Waals surface area contributed by atoms with Crippen molar-refractivity contribution in [3.8, 4) is 5.75 Å². The summed E-state index contributed by atoms with van der Waals surface area (Å²) < 4.78 is 32.4. The third-order valence-electron chi connectivity index (χ3n) is 3.42. The maximum atomic E-state index is 13.0. The van der Waals surface area contributed by atoms with Crippen LogP contribution >= 0.6 is 27.5 Å². The molecule has 0 saturated heterocycles. The maximum Gasteiger partial charge on any atom is 0.324 e. The summed E-state index contributed by atoms with van der Waals surface area (Å²) in [5, 5.41) is 9.61. The number of hydrogen-bond acceptors (Lipinski definition) is 4. The zero-order valence-electron chi connectivity index (χ0n) is 13.4. The predicted octanol–water partition coefficient (Wildman–Crippen LogP) is 3.70. The van der Waals surface area contributed by atoms with E-state index in [2.05, 4.69) is 15.9 Å². The predicted molar refractivity (Wildman–Crippen MR) is 99.1 cm³/mol. The van der Waals surface area contributed by atoms with Gasteiger partial charge in [0.05, 0.1) is 22.2 Å². The van der Waals surface area contributed by atoms with Gasteiger partial charge >= 0.3 is 5.97 Å². The van der Waals surface area contributed by atoms with Crippen LogP contribution in [0, 0.1) is 6.92 Å². The molecule has 1 N–H and O–H groups in total. The smallest absolute Gasteiger partial charge is 0.324 e. The number of carboxylic acid groups (broad SMARTS) is 1. The SMILES string of the molecule is COc1ccc(S(=O)(=O)N(CC(=O)O)c2ccc(Cl)cc2C)cc1Br. The normalized spacial score (nSPS) is 11.2. The van der Waals surface area contributed by atoms with Crippen molar-refractivity contribution in [3.63, 3.8) is 0 Å². The van der Waals surface area contributed by atoms with Crippen molar-refractivity contribution in [2.24, 2.45) is 0 Å². The Morgan fingerprint density at radius 1 is 1.28 bits per heavy atom. The summed E-state index contributed by atoms with van der Waals surface area (Å²) in [4.78, 5) is 11.2. The van der Waals surface area contributed by atoms with E-state index in [1.807, 2.05) is 0 Å². The first-order chi connectivity index (χ1) is 11.7. The van der Waals surface area contributed by atoms with Crippen LogP contribution in [0.15, 0.2) is 45.8 Å². The molecule has 0 aromatic heterocycles. The van der Waals surface area contributed by atoms with E-state index in [-0.39, 0.29) is 10.6 Å². The first kappa shape index (κ1) is 19.6. The number of methoxy groups -OCH3 is 1. The Kier molecular flexibility index (Phi) is 5.97. The molecule has 0 amide bonds. The van der Waals surface area contributed by atoms with Gasteiger partial charge in [0.25, 0.3) is 10.0 Å². The number of anilines is 1. The van der Waals surface area contributed by atoms with Gasteiger partial charge in [-0.05, 0) is 64.8 Å². The van der Waals surface area contributed by atoms with Gasteiger partial charge in [-0.2, -0.15) is 0 Å². The minimum absolute atomic E-state index is 0.0595. The second-order valence-corrected chi connectivity index (χ2v) is 8.29. The number of aryl methyl sites for hydroxylation is 1. The molecule has 0 aliphatic carbocycles. The van der Waals surface area contributed by atoms with Gasteiger partial charge in [-0.25, -0.2) is 8.42 Å². The molecule has 0 unspecified atom stereocenters. The summed E-state index contributed by atoms with van der Waals surface area (Å²) in [5.41, 5.74) is 0.795. The average molecular weight is 449 g/mol. The Bertz CT molecular complexity index is 917. The Labute approximate surface area is 159 Å². The maximum absolute atomic E-state index is 13.0. The number of rotatable bonds is 6. The van der Waals surface area contributed by atoms with E-state index in [9.17, 15) is 18.3 Å². The second-order valence-electron chi connectivity index (χ2n) is 5.13. The molecule has 0 fully saturated rings. The van der Waals surface area contributed by atoms with Gasteiger partial charge in [0.2, 0.25) is 0 Å². The van der Waals surface area contributed by atoms with Crippen LogP contribution in [0.25, 0.3) is 0 Å². The van der Waals surface area contributed by atoms with Crippen molar-refractivity contribution in [1.82, 2.24) is 0 Å². The van der Waals surface area contributed by atoms with Crippen molar-refractivity contribution >= 4 is 49.2 Å². The molecule has 2 aromatic rings. The zero-order chi connectivity index (χ0) is 18.8. The van der Waals surface area contributed by atoms with Gasteiger partial charge in [-0.1, -0.05) is 11.6 Å². The Hall–Kier alpha value is -1.77. The van der Waals surface area contributed by atoms with E-state index in [0.29, 0.717) is 20.8 Å². The van der Waals surface area contributed by atoms with Crippen molar-refractivity contribution in [2.75, 3.05) is 18.0 Å². The highest BCUT2D eigenvalue weighted by Gasteiger charge is 2.28. The molecular formula is C16H15BrClNO5S. The van der Waals surface area contributed by atoms with Crippen LogP contribution in [-0.2, 0) is 14.8 Å². The molecular weight excluding hydrogens is 434 g/mol. The minimum Gasteiger partial charge on any atom is -0.496 e. The van der Waals surface area contributed by atoms with E-state index in [0.717, 1.165) is 4.31 Å². The highest BCUT2D eigenvalue weighted by molar-refractivity contribution is 9.10. The molecule has 134 valence electrons. The molecule has 2 rings (SSSR count).